The number of methoxy groups -OCH3 is 2. The van der Waals surface area contributed by atoms with E-state index in [1.54, 1.807) is 67.7 Å². The van der Waals surface area contributed by atoms with Crippen LogP contribution in [0.5, 0.6) is 11.5 Å². The maximum Gasteiger partial charge on any atom is 0.310 e. The number of nitrogens with zero attached hydrogens (tertiary/aromatic N) is 2. The Balaban J connectivity index is 1.84. The smallest absolute Gasteiger partial charge is 0.310 e. The van der Waals surface area contributed by atoms with Crippen molar-refractivity contribution in [1.82, 2.24) is 4.98 Å². The van der Waals surface area contributed by atoms with E-state index in [4.69, 9.17) is 14.2 Å². The first-order chi connectivity index (χ1) is 17.9. The van der Waals surface area contributed by atoms with Crippen molar-refractivity contribution in [3.63, 3.8) is 0 Å². The maximum absolute atomic E-state index is 13.4. The van der Waals surface area contributed by atoms with Crippen molar-refractivity contribution in [3.8, 4) is 11.5 Å². The van der Waals surface area contributed by atoms with Gasteiger partial charge in [-0.2, -0.15) is 0 Å². The van der Waals surface area contributed by atoms with Gasteiger partial charge >= 0.3 is 5.97 Å². The molecule has 1 aliphatic rings. The van der Waals surface area contributed by atoms with E-state index in [0.717, 1.165) is 0 Å². The first kappa shape index (κ1) is 25.4. The molecule has 190 valence electrons. The largest absolute Gasteiger partial charge is 0.507 e. The van der Waals surface area contributed by atoms with Crippen molar-refractivity contribution in [3.05, 3.63) is 89.3 Å². The van der Waals surface area contributed by atoms with Crippen LogP contribution in [0, 0.1) is 0 Å². The van der Waals surface area contributed by atoms with E-state index in [1.165, 1.54) is 25.2 Å². The highest BCUT2D eigenvalue weighted by Crippen LogP contribution is 2.43. The summed E-state index contributed by atoms with van der Waals surface area (Å²) in [6, 6.07) is 15.6. The zero-order chi connectivity index (χ0) is 26.5. The number of ether oxygens (including phenoxy) is 3. The van der Waals surface area contributed by atoms with Crippen molar-refractivity contribution < 1.29 is 33.7 Å². The molecule has 9 nitrogen and oxygen atoms in total. The highest BCUT2D eigenvalue weighted by Gasteiger charge is 2.47. The lowest BCUT2D eigenvalue weighted by molar-refractivity contribution is -0.142. The summed E-state index contributed by atoms with van der Waals surface area (Å²) in [5.74, 6) is -1.73. The molecule has 3 aromatic rings. The molecule has 37 heavy (non-hydrogen) atoms. The fourth-order valence-corrected chi connectivity index (χ4v) is 4.21. The van der Waals surface area contributed by atoms with Gasteiger partial charge in [0.1, 0.15) is 23.3 Å². The van der Waals surface area contributed by atoms with Crippen molar-refractivity contribution in [2.24, 2.45) is 0 Å². The van der Waals surface area contributed by atoms with Crippen molar-refractivity contribution in [1.29, 1.82) is 0 Å². The molecule has 0 radical (unpaired) electrons. The lowest BCUT2D eigenvalue weighted by atomic mass is 9.97. The Kier molecular flexibility index (Phi) is 7.52. The summed E-state index contributed by atoms with van der Waals surface area (Å²) >= 11 is 0. The third kappa shape index (κ3) is 5.02. The van der Waals surface area contributed by atoms with Gasteiger partial charge < -0.3 is 19.3 Å². The van der Waals surface area contributed by atoms with E-state index < -0.39 is 23.5 Å². The normalized spacial score (nSPS) is 16.5. The number of aliphatic hydroxyl groups is 1. The molecule has 0 spiro atoms. The standard InChI is InChI=1S/C28H26N2O7/c1-4-37-23(31)15-17-8-10-18(11-9-17)30-25(21-7-5-6-14-29-21)24(27(33)28(30)34)26(32)20-16-19(35-2)12-13-22(20)36-3/h5-14,16,25,32H,4,15H2,1-3H3/b26-24+. The number of ketones is 1. The first-order valence-corrected chi connectivity index (χ1v) is 11.6. The van der Waals surface area contributed by atoms with Crippen LogP contribution in [0.25, 0.3) is 5.76 Å². The van der Waals surface area contributed by atoms with Crippen molar-refractivity contribution in [2.75, 3.05) is 25.7 Å². The Labute approximate surface area is 213 Å². The van der Waals surface area contributed by atoms with E-state index in [1.807, 2.05) is 0 Å². The highest BCUT2D eigenvalue weighted by molar-refractivity contribution is 6.51. The van der Waals surface area contributed by atoms with Gasteiger partial charge in [-0.25, -0.2) is 0 Å². The summed E-state index contributed by atoms with van der Waals surface area (Å²) in [4.78, 5) is 44.2. The summed E-state index contributed by atoms with van der Waals surface area (Å²) in [6.07, 6.45) is 1.62. The van der Waals surface area contributed by atoms with Crippen LogP contribution >= 0.6 is 0 Å². The molecule has 1 saturated heterocycles. The topological polar surface area (TPSA) is 115 Å². The average molecular weight is 503 g/mol. The van der Waals surface area contributed by atoms with E-state index in [2.05, 4.69) is 4.98 Å². The summed E-state index contributed by atoms with van der Waals surface area (Å²) in [5, 5.41) is 11.4. The molecular formula is C28H26N2O7. The molecule has 9 heteroatoms. The molecule has 0 bridgehead atoms. The van der Waals surface area contributed by atoms with Crippen LogP contribution in [0.2, 0.25) is 0 Å². The number of rotatable bonds is 8. The van der Waals surface area contributed by atoms with Gasteiger partial charge in [0.15, 0.2) is 0 Å². The molecular weight excluding hydrogens is 476 g/mol. The monoisotopic (exact) mass is 502 g/mol. The first-order valence-electron chi connectivity index (χ1n) is 11.6. The number of amides is 1. The number of benzene rings is 2. The summed E-state index contributed by atoms with van der Waals surface area (Å²) in [6.45, 7) is 2.01. The van der Waals surface area contributed by atoms with Crippen LogP contribution in [0.3, 0.4) is 0 Å². The maximum atomic E-state index is 13.4. The minimum absolute atomic E-state index is 0.0756. The Hall–Kier alpha value is -4.66. The van der Waals surface area contributed by atoms with Crippen molar-refractivity contribution >= 4 is 29.1 Å². The number of aromatic nitrogens is 1. The Morgan fingerprint density at radius 1 is 1.03 bits per heavy atom. The number of anilines is 1. The second-order valence-electron chi connectivity index (χ2n) is 8.14. The van der Waals surface area contributed by atoms with Gasteiger partial charge in [0, 0.05) is 11.9 Å². The van der Waals surface area contributed by atoms with Gasteiger partial charge in [0.2, 0.25) is 0 Å². The Bertz CT molecular complexity index is 1350. The molecule has 1 amide bonds. The van der Waals surface area contributed by atoms with Gasteiger partial charge in [0.05, 0.1) is 44.1 Å². The fraction of sp³-hybridized carbons (Fsp3) is 0.214. The number of hydrogen-bond donors (Lipinski definition) is 1. The quantitative estimate of drug-likeness (QED) is 0.214. The van der Waals surface area contributed by atoms with Crippen LogP contribution in [0.4, 0.5) is 5.69 Å². The van der Waals surface area contributed by atoms with Crippen LogP contribution in [0.1, 0.15) is 29.8 Å². The number of esters is 1. The molecule has 1 atom stereocenters. The van der Waals surface area contributed by atoms with Crippen LogP contribution in [-0.2, 0) is 25.5 Å². The minimum atomic E-state index is -1.01. The molecule has 2 heterocycles. The van der Waals surface area contributed by atoms with Gasteiger partial charge in [-0.3, -0.25) is 24.3 Å². The number of hydrogen-bond acceptors (Lipinski definition) is 8. The number of carbonyl (C=O) groups excluding carboxylic acids is 3. The van der Waals surface area contributed by atoms with Gasteiger partial charge in [-0.1, -0.05) is 18.2 Å². The zero-order valence-corrected chi connectivity index (χ0v) is 20.6. The van der Waals surface area contributed by atoms with E-state index in [-0.39, 0.29) is 30.1 Å². The van der Waals surface area contributed by atoms with Crippen molar-refractivity contribution in [2.45, 2.75) is 19.4 Å². The summed E-state index contributed by atoms with van der Waals surface area (Å²) in [7, 11) is 2.91. The molecule has 2 aromatic carbocycles. The third-order valence-corrected chi connectivity index (χ3v) is 5.94. The van der Waals surface area contributed by atoms with E-state index in [0.29, 0.717) is 28.4 Å². The number of carbonyl (C=O) groups is 3. The average Bonchev–Trinajstić information content (AvgIpc) is 3.19. The molecule has 0 saturated carbocycles. The summed E-state index contributed by atoms with van der Waals surface area (Å²) in [5.41, 5.74) is 1.55. The zero-order valence-electron chi connectivity index (χ0n) is 20.6. The fourth-order valence-electron chi connectivity index (χ4n) is 4.21. The third-order valence-electron chi connectivity index (χ3n) is 5.94. The van der Waals surface area contributed by atoms with Gasteiger partial charge in [0.25, 0.3) is 11.7 Å². The van der Waals surface area contributed by atoms with E-state index in [9.17, 15) is 19.5 Å². The van der Waals surface area contributed by atoms with Gasteiger partial charge in [-0.15, -0.1) is 0 Å². The predicted octanol–water partition coefficient (Wildman–Crippen LogP) is 3.83. The molecule has 1 unspecified atom stereocenters. The SMILES string of the molecule is CCOC(=O)Cc1ccc(N2C(=O)C(=O)/C(=C(/O)c3cc(OC)ccc3OC)C2c2ccccn2)cc1. The predicted molar refractivity (Wildman–Crippen MR) is 135 cm³/mol. The highest BCUT2D eigenvalue weighted by atomic mass is 16.5. The Morgan fingerprint density at radius 2 is 1.78 bits per heavy atom. The number of pyridine rings is 1. The Morgan fingerprint density at radius 3 is 2.41 bits per heavy atom. The molecule has 4 rings (SSSR count). The van der Waals surface area contributed by atoms with Crippen LogP contribution in [0.15, 0.2) is 72.4 Å². The molecule has 1 N–H and O–H groups in total. The molecule has 1 aromatic heterocycles. The lowest BCUT2D eigenvalue weighted by Gasteiger charge is -2.25. The molecule has 0 aliphatic carbocycles. The lowest BCUT2D eigenvalue weighted by Crippen LogP contribution is -2.29. The second kappa shape index (κ2) is 10.9. The minimum Gasteiger partial charge on any atom is -0.507 e. The molecule has 1 aliphatic heterocycles. The number of Topliss-reactive ketones (excluding diaryl/α,β-unsaturated/α-hetero) is 1. The second-order valence-corrected chi connectivity index (χ2v) is 8.14. The van der Waals surface area contributed by atoms with Crippen LogP contribution in [-0.4, -0.2) is 48.6 Å². The van der Waals surface area contributed by atoms with E-state index >= 15 is 0 Å². The summed E-state index contributed by atoms with van der Waals surface area (Å²) < 4.78 is 15.7. The number of aliphatic hydroxyl groups excluding tert-OH is 1. The van der Waals surface area contributed by atoms with Gasteiger partial charge in [-0.05, 0) is 55.0 Å². The molecule has 1 fully saturated rings. The van der Waals surface area contributed by atoms with Crippen LogP contribution < -0.4 is 14.4 Å².